The quantitative estimate of drug-likeness (QED) is 0.572. The Balaban J connectivity index is 2.58. The molecule has 0 fully saturated rings. The zero-order valence-electron chi connectivity index (χ0n) is 7.53. The van der Waals surface area contributed by atoms with Crippen molar-refractivity contribution < 1.29 is 14.3 Å². The zero-order valence-corrected chi connectivity index (χ0v) is 7.53. The van der Waals surface area contributed by atoms with Crippen molar-refractivity contribution in [1.82, 2.24) is 0 Å². The largest absolute Gasteiger partial charge is 0.478 e. The SMILES string of the molecule is COC(=O)C1COC(C(C)C)=N1. The third kappa shape index (κ3) is 1.75. The third-order valence-corrected chi connectivity index (χ3v) is 1.64. The number of esters is 1. The van der Waals surface area contributed by atoms with E-state index in [4.69, 9.17) is 4.74 Å². The van der Waals surface area contributed by atoms with Crippen LogP contribution in [-0.4, -0.2) is 31.6 Å². The van der Waals surface area contributed by atoms with E-state index >= 15 is 0 Å². The third-order valence-electron chi connectivity index (χ3n) is 1.64. The lowest BCUT2D eigenvalue weighted by molar-refractivity contribution is -0.142. The summed E-state index contributed by atoms with van der Waals surface area (Å²) in [7, 11) is 1.35. The molecule has 0 aromatic carbocycles. The molecular formula is C8H13NO3. The van der Waals surface area contributed by atoms with E-state index in [-0.39, 0.29) is 11.9 Å². The van der Waals surface area contributed by atoms with Gasteiger partial charge in [0.2, 0.25) is 0 Å². The lowest BCUT2D eigenvalue weighted by Gasteiger charge is -2.02. The van der Waals surface area contributed by atoms with E-state index in [1.807, 2.05) is 13.8 Å². The number of methoxy groups -OCH3 is 1. The Labute approximate surface area is 71.6 Å². The molecule has 0 aromatic heterocycles. The van der Waals surface area contributed by atoms with Gasteiger partial charge in [-0.05, 0) is 0 Å². The highest BCUT2D eigenvalue weighted by Crippen LogP contribution is 2.11. The van der Waals surface area contributed by atoms with Gasteiger partial charge in [0.05, 0.1) is 7.11 Å². The zero-order chi connectivity index (χ0) is 9.14. The number of hydrogen-bond acceptors (Lipinski definition) is 4. The second-order valence-electron chi connectivity index (χ2n) is 2.97. The van der Waals surface area contributed by atoms with Gasteiger partial charge < -0.3 is 9.47 Å². The second kappa shape index (κ2) is 3.56. The summed E-state index contributed by atoms with van der Waals surface area (Å²) in [5.41, 5.74) is 0. The highest BCUT2D eigenvalue weighted by Gasteiger charge is 2.27. The molecule has 0 saturated heterocycles. The second-order valence-corrected chi connectivity index (χ2v) is 2.97. The molecule has 0 radical (unpaired) electrons. The van der Waals surface area contributed by atoms with E-state index in [1.165, 1.54) is 7.11 Å². The van der Waals surface area contributed by atoms with Crippen LogP contribution < -0.4 is 0 Å². The lowest BCUT2D eigenvalue weighted by atomic mass is 10.2. The number of aliphatic imine (C=N–C) groups is 1. The van der Waals surface area contributed by atoms with Crippen LogP contribution >= 0.6 is 0 Å². The molecule has 12 heavy (non-hydrogen) atoms. The summed E-state index contributed by atoms with van der Waals surface area (Å²) in [6.45, 7) is 4.26. The Morgan fingerprint density at radius 2 is 2.42 bits per heavy atom. The highest BCUT2D eigenvalue weighted by molar-refractivity contribution is 5.86. The predicted octanol–water partition coefficient (Wildman–Crippen LogP) is 0.613. The van der Waals surface area contributed by atoms with Crippen LogP contribution in [0.25, 0.3) is 0 Å². The highest BCUT2D eigenvalue weighted by atomic mass is 16.5. The molecular weight excluding hydrogens is 158 g/mol. The van der Waals surface area contributed by atoms with E-state index in [0.717, 1.165) is 0 Å². The average molecular weight is 171 g/mol. The van der Waals surface area contributed by atoms with Gasteiger partial charge >= 0.3 is 5.97 Å². The first-order valence-corrected chi connectivity index (χ1v) is 3.93. The molecule has 1 rings (SSSR count). The summed E-state index contributed by atoms with van der Waals surface area (Å²) in [4.78, 5) is 15.1. The van der Waals surface area contributed by atoms with Crippen molar-refractivity contribution in [3.63, 3.8) is 0 Å². The summed E-state index contributed by atoms with van der Waals surface area (Å²) in [6.07, 6.45) is 0. The Hall–Kier alpha value is -1.06. The summed E-state index contributed by atoms with van der Waals surface area (Å²) in [5, 5.41) is 0. The lowest BCUT2D eigenvalue weighted by Crippen LogP contribution is -2.21. The Morgan fingerprint density at radius 1 is 1.75 bits per heavy atom. The van der Waals surface area contributed by atoms with Crippen molar-refractivity contribution in [1.29, 1.82) is 0 Å². The van der Waals surface area contributed by atoms with Crippen LogP contribution in [0.3, 0.4) is 0 Å². The monoisotopic (exact) mass is 171 g/mol. The van der Waals surface area contributed by atoms with Gasteiger partial charge in [-0.25, -0.2) is 9.79 Å². The minimum absolute atomic E-state index is 0.236. The molecule has 1 aliphatic heterocycles. The molecule has 0 spiro atoms. The first kappa shape index (κ1) is 9.03. The normalized spacial score (nSPS) is 22.0. The minimum Gasteiger partial charge on any atom is -0.478 e. The van der Waals surface area contributed by atoms with Gasteiger partial charge in [-0.3, -0.25) is 0 Å². The first-order chi connectivity index (χ1) is 5.65. The summed E-state index contributed by atoms with van der Waals surface area (Å²) in [6, 6.07) is -0.451. The minimum atomic E-state index is -0.451. The molecule has 0 aromatic rings. The molecule has 1 heterocycles. The van der Waals surface area contributed by atoms with Gasteiger partial charge in [0.15, 0.2) is 11.9 Å². The average Bonchev–Trinajstić information content (AvgIpc) is 2.51. The van der Waals surface area contributed by atoms with Crippen LogP contribution in [0.4, 0.5) is 0 Å². The maximum Gasteiger partial charge on any atom is 0.334 e. The van der Waals surface area contributed by atoms with E-state index in [2.05, 4.69) is 9.73 Å². The summed E-state index contributed by atoms with van der Waals surface area (Å²) in [5.74, 6) is 0.552. The van der Waals surface area contributed by atoms with Gasteiger partial charge in [-0.1, -0.05) is 13.8 Å². The van der Waals surface area contributed by atoms with Crippen molar-refractivity contribution in [3.8, 4) is 0 Å². The smallest absolute Gasteiger partial charge is 0.334 e. The first-order valence-electron chi connectivity index (χ1n) is 3.93. The van der Waals surface area contributed by atoms with Crippen molar-refractivity contribution in [2.75, 3.05) is 13.7 Å². The van der Waals surface area contributed by atoms with Crippen LogP contribution in [0.1, 0.15) is 13.8 Å². The van der Waals surface area contributed by atoms with Gasteiger partial charge in [-0.15, -0.1) is 0 Å². The molecule has 4 nitrogen and oxygen atoms in total. The van der Waals surface area contributed by atoms with E-state index in [0.29, 0.717) is 12.5 Å². The van der Waals surface area contributed by atoms with Crippen molar-refractivity contribution >= 4 is 11.9 Å². The van der Waals surface area contributed by atoms with Crippen LogP contribution in [0.2, 0.25) is 0 Å². The van der Waals surface area contributed by atoms with E-state index < -0.39 is 6.04 Å². The number of rotatable bonds is 2. The fourth-order valence-corrected chi connectivity index (χ4v) is 0.965. The number of hydrogen-bond donors (Lipinski definition) is 0. The van der Waals surface area contributed by atoms with Gasteiger partial charge in [0.25, 0.3) is 0 Å². The Kier molecular flexibility index (Phi) is 2.68. The van der Waals surface area contributed by atoms with Crippen LogP contribution in [0.15, 0.2) is 4.99 Å². The van der Waals surface area contributed by atoms with Crippen LogP contribution in [0.5, 0.6) is 0 Å². The van der Waals surface area contributed by atoms with E-state index in [1.54, 1.807) is 0 Å². The van der Waals surface area contributed by atoms with Gasteiger partial charge in [-0.2, -0.15) is 0 Å². The Morgan fingerprint density at radius 3 is 2.83 bits per heavy atom. The van der Waals surface area contributed by atoms with E-state index in [9.17, 15) is 4.79 Å². The summed E-state index contributed by atoms with van der Waals surface area (Å²) < 4.78 is 9.74. The number of carbonyl (C=O) groups is 1. The van der Waals surface area contributed by atoms with Crippen molar-refractivity contribution in [3.05, 3.63) is 0 Å². The fraction of sp³-hybridized carbons (Fsp3) is 0.750. The van der Waals surface area contributed by atoms with Crippen molar-refractivity contribution in [2.45, 2.75) is 19.9 Å². The molecule has 0 saturated carbocycles. The predicted molar refractivity (Wildman–Crippen MR) is 44.0 cm³/mol. The molecule has 68 valence electrons. The van der Waals surface area contributed by atoms with Gasteiger partial charge in [0.1, 0.15) is 6.61 Å². The molecule has 0 N–H and O–H groups in total. The molecule has 1 aliphatic rings. The molecule has 1 atom stereocenters. The maximum atomic E-state index is 11.0. The molecule has 1 unspecified atom stereocenters. The topological polar surface area (TPSA) is 47.9 Å². The Bertz CT molecular complexity index is 210. The molecule has 0 bridgehead atoms. The molecule has 0 aliphatic carbocycles. The van der Waals surface area contributed by atoms with Crippen molar-refractivity contribution in [2.24, 2.45) is 10.9 Å². The molecule has 4 heteroatoms. The maximum absolute atomic E-state index is 11.0. The van der Waals surface area contributed by atoms with Crippen LogP contribution in [-0.2, 0) is 14.3 Å². The summed E-state index contributed by atoms with van der Waals surface area (Å²) >= 11 is 0. The fourth-order valence-electron chi connectivity index (χ4n) is 0.965. The standard InChI is InChI=1S/C8H13NO3/c1-5(2)7-9-6(4-12-7)8(10)11-3/h5-6H,4H2,1-3H3. The number of nitrogens with zero attached hydrogens (tertiary/aromatic N) is 1. The number of ether oxygens (including phenoxy) is 2. The van der Waals surface area contributed by atoms with Crippen LogP contribution in [0, 0.1) is 5.92 Å². The molecule has 0 amide bonds. The number of carbonyl (C=O) groups excluding carboxylic acids is 1. The van der Waals surface area contributed by atoms with Gasteiger partial charge in [0, 0.05) is 5.92 Å².